The van der Waals surface area contributed by atoms with Crippen molar-refractivity contribution in [2.24, 2.45) is 5.84 Å². The number of aromatic nitrogens is 1. The first-order valence-corrected chi connectivity index (χ1v) is 7.11. The molecule has 106 valence electrons. The van der Waals surface area contributed by atoms with E-state index in [1.165, 1.54) is 17.5 Å². The molecule has 5 nitrogen and oxygen atoms in total. The molecular weight excluding hydrogens is 274 g/mol. The third-order valence-electron chi connectivity index (χ3n) is 2.80. The highest BCUT2D eigenvalue weighted by molar-refractivity contribution is 7.13. The largest absolute Gasteiger partial charge is 0.486 e. The van der Waals surface area contributed by atoms with Crippen molar-refractivity contribution in [2.75, 3.05) is 0 Å². The minimum absolute atomic E-state index is 0.337. The van der Waals surface area contributed by atoms with Gasteiger partial charge in [0, 0.05) is 0 Å². The van der Waals surface area contributed by atoms with Crippen LogP contribution in [-0.4, -0.2) is 10.9 Å². The van der Waals surface area contributed by atoms with Gasteiger partial charge in [-0.05, 0) is 17.5 Å². The predicted molar refractivity (Wildman–Crippen MR) is 78.6 cm³/mol. The van der Waals surface area contributed by atoms with E-state index in [4.69, 9.17) is 10.6 Å². The smallest absolute Gasteiger partial charge is 0.276 e. The van der Waals surface area contributed by atoms with Crippen molar-refractivity contribution in [3.05, 3.63) is 45.9 Å². The first-order chi connectivity index (χ1) is 9.61. The average molecular weight is 291 g/mol. The molecule has 0 bridgehead atoms. The first kappa shape index (κ1) is 14.5. The summed E-state index contributed by atoms with van der Waals surface area (Å²) in [6.07, 6.45) is 1.50. The van der Waals surface area contributed by atoms with Crippen LogP contribution >= 0.6 is 11.3 Å². The van der Waals surface area contributed by atoms with Gasteiger partial charge in [-0.25, -0.2) is 10.8 Å². The molecule has 0 saturated heterocycles. The zero-order valence-corrected chi connectivity index (χ0v) is 12.2. The third-order valence-corrected chi connectivity index (χ3v) is 3.77. The Morgan fingerprint density at radius 1 is 1.45 bits per heavy atom. The Hall–Kier alpha value is -1.92. The molecule has 0 saturated carbocycles. The summed E-state index contributed by atoms with van der Waals surface area (Å²) in [6.45, 7) is 4.58. The zero-order chi connectivity index (χ0) is 14.5. The van der Waals surface area contributed by atoms with Gasteiger partial charge in [0.15, 0.2) is 0 Å². The molecule has 0 aliphatic heterocycles. The van der Waals surface area contributed by atoms with Crippen LogP contribution in [0.15, 0.2) is 30.5 Å². The fourth-order valence-electron chi connectivity index (χ4n) is 1.78. The van der Waals surface area contributed by atoms with E-state index in [0.717, 1.165) is 16.3 Å². The van der Waals surface area contributed by atoms with Crippen LogP contribution in [0.1, 0.15) is 40.0 Å². The number of carbonyl (C=O) groups excluding carboxylic acids is 1. The van der Waals surface area contributed by atoms with Crippen LogP contribution in [0.25, 0.3) is 0 Å². The molecule has 20 heavy (non-hydrogen) atoms. The molecule has 1 heterocycles. The van der Waals surface area contributed by atoms with E-state index < -0.39 is 0 Å². The van der Waals surface area contributed by atoms with E-state index in [9.17, 15) is 4.79 Å². The van der Waals surface area contributed by atoms with Crippen LogP contribution in [0.4, 0.5) is 0 Å². The molecule has 0 atom stereocenters. The lowest BCUT2D eigenvalue weighted by molar-refractivity contribution is 0.0957. The number of nitrogen functional groups attached to an aromatic ring is 1. The van der Waals surface area contributed by atoms with Gasteiger partial charge in [0.1, 0.15) is 22.2 Å². The summed E-state index contributed by atoms with van der Waals surface area (Å²) in [6, 6.07) is 7.93. The number of thiazole rings is 1. The van der Waals surface area contributed by atoms with Crippen LogP contribution in [-0.2, 0) is 6.61 Å². The molecular formula is C14H17N3O2S. The van der Waals surface area contributed by atoms with Gasteiger partial charge in [0.05, 0.1) is 6.20 Å². The quantitative estimate of drug-likeness (QED) is 0.504. The Morgan fingerprint density at radius 3 is 2.90 bits per heavy atom. The highest BCUT2D eigenvalue weighted by atomic mass is 32.1. The van der Waals surface area contributed by atoms with E-state index in [1.54, 1.807) is 0 Å². The van der Waals surface area contributed by atoms with Gasteiger partial charge in [0.25, 0.3) is 5.91 Å². The second kappa shape index (κ2) is 6.49. The van der Waals surface area contributed by atoms with Crippen molar-refractivity contribution in [3.63, 3.8) is 0 Å². The number of carbonyl (C=O) groups is 1. The van der Waals surface area contributed by atoms with Crippen molar-refractivity contribution in [3.8, 4) is 5.75 Å². The Labute approximate surface area is 121 Å². The van der Waals surface area contributed by atoms with Gasteiger partial charge in [0.2, 0.25) is 0 Å². The van der Waals surface area contributed by atoms with E-state index in [2.05, 4.69) is 30.3 Å². The van der Waals surface area contributed by atoms with Crippen LogP contribution in [0.2, 0.25) is 0 Å². The fourth-order valence-corrected chi connectivity index (χ4v) is 2.52. The second-order valence-electron chi connectivity index (χ2n) is 4.57. The second-order valence-corrected chi connectivity index (χ2v) is 5.69. The van der Waals surface area contributed by atoms with Crippen LogP contribution in [0.3, 0.4) is 0 Å². The molecule has 1 amide bonds. The summed E-state index contributed by atoms with van der Waals surface area (Å²) in [5, 5.41) is 0.738. The SMILES string of the molecule is CC(C)c1ccccc1OCc1ncc(C(=O)NN)s1. The minimum Gasteiger partial charge on any atom is -0.486 e. The summed E-state index contributed by atoms with van der Waals surface area (Å²) >= 11 is 1.27. The molecule has 1 aromatic carbocycles. The minimum atomic E-state index is -0.337. The number of hydrogen-bond acceptors (Lipinski definition) is 5. The maximum atomic E-state index is 11.3. The summed E-state index contributed by atoms with van der Waals surface area (Å²) in [5.41, 5.74) is 3.24. The van der Waals surface area contributed by atoms with Gasteiger partial charge in [-0.15, -0.1) is 11.3 Å². The zero-order valence-electron chi connectivity index (χ0n) is 11.4. The lowest BCUT2D eigenvalue weighted by atomic mass is 10.0. The fraction of sp³-hybridized carbons (Fsp3) is 0.286. The van der Waals surface area contributed by atoms with Crippen molar-refractivity contribution in [1.29, 1.82) is 0 Å². The lowest BCUT2D eigenvalue weighted by Crippen LogP contribution is -2.29. The maximum absolute atomic E-state index is 11.3. The molecule has 3 N–H and O–H groups in total. The number of nitrogens with two attached hydrogens (primary N) is 1. The number of hydrogen-bond donors (Lipinski definition) is 2. The first-order valence-electron chi connectivity index (χ1n) is 6.29. The number of rotatable bonds is 5. The monoisotopic (exact) mass is 291 g/mol. The van der Waals surface area contributed by atoms with Crippen molar-refractivity contribution >= 4 is 17.2 Å². The highest BCUT2D eigenvalue weighted by Gasteiger charge is 2.11. The third kappa shape index (κ3) is 3.34. The Kier molecular flexibility index (Phi) is 4.70. The highest BCUT2D eigenvalue weighted by Crippen LogP contribution is 2.27. The van der Waals surface area contributed by atoms with Gasteiger partial charge in [-0.2, -0.15) is 0 Å². The predicted octanol–water partition coefficient (Wildman–Crippen LogP) is 2.45. The molecule has 2 aromatic rings. The molecule has 6 heteroatoms. The van der Waals surface area contributed by atoms with Gasteiger partial charge >= 0.3 is 0 Å². The average Bonchev–Trinajstić information content (AvgIpc) is 2.93. The van der Waals surface area contributed by atoms with Crippen molar-refractivity contribution < 1.29 is 9.53 Å². The number of para-hydroxylation sites is 1. The summed E-state index contributed by atoms with van der Waals surface area (Å²) in [5.74, 6) is 5.98. The molecule has 0 radical (unpaired) electrons. The van der Waals surface area contributed by atoms with E-state index >= 15 is 0 Å². The number of hydrazine groups is 1. The summed E-state index contributed by atoms with van der Waals surface area (Å²) in [7, 11) is 0. The molecule has 1 aromatic heterocycles. The molecule has 2 rings (SSSR count). The van der Waals surface area contributed by atoms with Crippen molar-refractivity contribution in [2.45, 2.75) is 26.4 Å². The van der Waals surface area contributed by atoms with E-state index in [1.807, 2.05) is 18.2 Å². The van der Waals surface area contributed by atoms with Gasteiger partial charge in [-0.3, -0.25) is 10.2 Å². The summed E-state index contributed by atoms with van der Waals surface area (Å²) < 4.78 is 5.80. The van der Waals surface area contributed by atoms with E-state index in [-0.39, 0.29) is 5.91 Å². The molecule has 0 aliphatic rings. The molecule has 0 spiro atoms. The van der Waals surface area contributed by atoms with E-state index in [0.29, 0.717) is 17.4 Å². The number of nitrogens with one attached hydrogen (secondary N) is 1. The van der Waals surface area contributed by atoms with Gasteiger partial charge in [-0.1, -0.05) is 32.0 Å². The molecule has 0 fully saturated rings. The van der Waals surface area contributed by atoms with Crippen LogP contribution in [0.5, 0.6) is 5.75 Å². The van der Waals surface area contributed by atoms with Crippen molar-refractivity contribution in [1.82, 2.24) is 10.4 Å². The Bertz CT molecular complexity index is 596. The Balaban J connectivity index is 2.06. The van der Waals surface area contributed by atoms with Crippen LogP contribution in [0, 0.1) is 0 Å². The number of nitrogens with zero attached hydrogens (tertiary/aromatic N) is 1. The summed E-state index contributed by atoms with van der Waals surface area (Å²) in [4.78, 5) is 16.0. The molecule has 0 unspecified atom stereocenters. The van der Waals surface area contributed by atoms with Gasteiger partial charge < -0.3 is 4.74 Å². The normalized spacial score (nSPS) is 10.6. The topological polar surface area (TPSA) is 77.2 Å². The molecule has 0 aliphatic carbocycles. The number of amides is 1. The lowest BCUT2D eigenvalue weighted by Gasteiger charge is -2.12. The Morgan fingerprint density at radius 2 is 2.20 bits per heavy atom. The van der Waals surface area contributed by atoms with Crippen LogP contribution < -0.4 is 16.0 Å². The standard InChI is InChI=1S/C14H17N3O2S/c1-9(2)10-5-3-4-6-11(10)19-8-13-16-7-12(20-13)14(18)17-15/h3-7,9H,8,15H2,1-2H3,(H,17,18). The maximum Gasteiger partial charge on any atom is 0.276 e. The number of ether oxygens (including phenoxy) is 1. The number of benzene rings is 1.